The van der Waals surface area contributed by atoms with E-state index in [1.807, 2.05) is 28.7 Å². The third-order valence-corrected chi connectivity index (χ3v) is 4.74. The van der Waals surface area contributed by atoms with Gasteiger partial charge in [0.05, 0.1) is 5.69 Å². The third-order valence-electron chi connectivity index (χ3n) is 4.74. The summed E-state index contributed by atoms with van der Waals surface area (Å²) >= 11 is 0. The second-order valence-electron chi connectivity index (χ2n) is 6.72. The Balaban J connectivity index is 1.92. The summed E-state index contributed by atoms with van der Waals surface area (Å²) in [7, 11) is 0. The number of aryl methyl sites for hydroxylation is 3. The van der Waals surface area contributed by atoms with E-state index in [4.69, 9.17) is 4.98 Å². The molecule has 2 heterocycles. The van der Waals surface area contributed by atoms with Crippen LogP contribution in [0.5, 0.6) is 0 Å². The van der Waals surface area contributed by atoms with Crippen molar-refractivity contribution in [2.24, 2.45) is 10.2 Å². The number of benzene rings is 2. The number of azo groups is 1. The molecule has 27 heavy (non-hydrogen) atoms. The van der Waals surface area contributed by atoms with Crippen LogP contribution in [0.1, 0.15) is 23.6 Å². The van der Waals surface area contributed by atoms with Gasteiger partial charge >= 0.3 is 0 Å². The molecule has 0 atom stereocenters. The van der Waals surface area contributed by atoms with Gasteiger partial charge in [0.1, 0.15) is 11.3 Å². The molecular formula is C23H22N4. The van der Waals surface area contributed by atoms with Crippen LogP contribution < -0.4 is 0 Å². The lowest BCUT2D eigenvalue weighted by Crippen LogP contribution is -1.86. The fourth-order valence-corrected chi connectivity index (χ4v) is 3.27. The fraction of sp³-hybridized carbons (Fsp3) is 0.174. The van der Waals surface area contributed by atoms with E-state index in [-0.39, 0.29) is 0 Å². The zero-order chi connectivity index (χ0) is 18.8. The van der Waals surface area contributed by atoms with Gasteiger partial charge in [-0.2, -0.15) is 0 Å². The van der Waals surface area contributed by atoms with Gasteiger partial charge in [-0.25, -0.2) is 4.98 Å². The van der Waals surface area contributed by atoms with Crippen molar-refractivity contribution in [3.8, 4) is 11.3 Å². The molecule has 0 aliphatic heterocycles. The Bertz CT molecular complexity index is 1120. The Morgan fingerprint density at radius 3 is 2.48 bits per heavy atom. The van der Waals surface area contributed by atoms with E-state index in [1.165, 1.54) is 5.56 Å². The molecule has 2 aromatic heterocycles. The summed E-state index contributed by atoms with van der Waals surface area (Å²) < 4.78 is 2.02. The molecule has 0 aliphatic carbocycles. The average molecular weight is 354 g/mol. The topological polar surface area (TPSA) is 42.0 Å². The maximum atomic E-state index is 4.81. The monoisotopic (exact) mass is 354 g/mol. The highest BCUT2D eigenvalue weighted by Crippen LogP contribution is 2.33. The lowest BCUT2D eigenvalue weighted by atomic mass is 10.1. The zero-order valence-electron chi connectivity index (χ0n) is 15.8. The normalized spacial score (nSPS) is 11.5. The third kappa shape index (κ3) is 3.26. The Morgan fingerprint density at radius 2 is 1.70 bits per heavy atom. The first-order chi connectivity index (χ1) is 13.2. The number of fused-ring (bicyclic) bond motifs is 1. The molecule has 0 saturated heterocycles. The van der Waals surface area contributed by atoms with Crippen LogP contribution in [0, 0.1) is 13.8 Å². The van der Waals surface area contributed by atoms with Gasteiger partial charge in [-0.1, -0.05) is 61.5 Å². The van der Waals surface area contributed by atoms with Crippen LogP contribution in [0.15, 0.2) is 77.1 Å². The van der Waals surface area contributed by atoms with Crippen molar-refractivity contribution in [2.45, 2.75) is 27.2 Å². The van der Waals surface area contributed by atoms with Gasteiger partial charge in [0.25, 0.3) is 0 Å². The summed E-state index contributed by atoms with van der Waals surface area (Å²) in [5.74, 6) is 0.755. The summed E-state index contributed by atoms with van der Waals surface area (Å²) in [6.07, 6.45) is 2.98. The number of hydrogen-bond donors (Lipinski definition) is 0. The molecule has 0 saturated carbocycles. The lowest BCUT2D eigenvalue weighted by molar-refractivity contribution is 1.06. The van der Waals surface area contributed by atoms with Crippen LogP contribution in [-0.2, 0) is 6.42 Å². The predicted molar refractivity (Wildman–Crippen MR) is 110 cm³/mol. The minimum absolute atomic E-state index is 0.755. The highest BCUT2D eigenvalue weighted by molar-refractivity contribution is 5.74. The van der Waals surface area contributed by atoms with Gasteiger partial charge in [-0.15, -0.1) is 10.2 Å². The molecule has 2 aromatic carbocycles. The highest BCUT2D eigenvalue weighted by Gasteiger charge is 2.14. The standard InChI is InChI=1S/C23H22N4/c1-4-18-12-8-9-17(3)21(18)25-26-23-22(19-10-6-5-7-11-19)24-20-14-13-16(2)15-27(20)23/h5-15H,4H2,1-3H3. The summed E-state index contributed by atoms with van der Waals surface area (Å²) in [4.78, 5) is 4.81. The van der Waals surface area contributed by atoms with E-state index < -0.39 is 0 Å². The highest BCUT2D eigenvalue weighted by atomic mass is 15.2. The van der Waals surface area contributed by atoms with E-state index in [0.29, 0.717) is 0 Å². The summed E-state index contributed by atoms with van der Waals surface area (Å²) in [6, 6.07) is 20.5. The van der Waals surface area contributed by atoms with Crippen LogP contribution in [0.4, 0.5) is 11.5 Å². The molecule has 4 heteroatoms. The second-order valence-corrected chi connectivity index (χ2v) is 6.72. The van der Waals surface area contributed by atoms with Crippen molar-refractivity contribution in [1.82, 2.24) is 9.38 Å². The maximum Gasteiger partial charge on any atom is 0.187 e. The number of hydrogen-bond acceptors (Lipinski definition) is 3. The minimum atomic E-state index is 0.755. The first kappa shape index (κ1) is 17.2. The van der Waals surface area contributed by atoms with Crippen LogP contribution in [0.2, 0.25) is 0 Å². The van der Waals surface area contributed by atoms with E-state index in [9.17, 15) is 0 Å². The van der Waals surface area contributed by atoms with Crippen LogP contribution in [-0.4, -0.2) is 9.38 Å². The second kappa shape index (κ2) is 7.16. The number of pyridine rings is 1. The van der Waals surface area contributed by atoms with Gasteiger partial charge in [-0.05, 0) is 43.0 Å². The smallest absolute Gasteiger partial charge is 0.187 e. The van der Waals surface area contributed by atoms with Gasteiger partial charge < -0.3 is 0 Å². The molecule has 0 fully saturated rings. The molecule has 134 valence electrons. The number of rotatable bonds is 4. The van der Waals surface area contributed by atoms with Crippen molar-refractivity contribution in [3.05, 3.63) is 83.6 Å². The molecule has 0 amide bonds. The van der Waals surface area contributed by atoms with Crippen LogP contribution in [0.25, 0.3) is 16.9 Å². The Labute approximate surface area is 159 Å². The van der Waals surface area contributed by atoms with Crippen molar-refractivity contribution in [3.63, 3.8) is 0 Å². The van der Waals surface area contributed by atoms with Gasteiger partial charge in [0.2, 0.25) is 0 Å². The molecule has 4 nitrogen and oxygen atoms in total. The van der Waals surface area contributed by atoms with Crippen molar-refractivity contribution in [2.75, 3.05) is 0 Å². The Kier molecular flexibility index (Phi) is 4.55. The van der Waals surface area contributed by atoms with Gasteiger partial charge in [-0.3, -0.25) is 4.40 Å². The van der Waals surface area contributed by atoms with E-state index in [2.05, 4.69) is 73.6 Å². The molecular weight excluding hydrogens is 332 g/mol. The number of imidazole rings is 1. The molecule has 0 unspecified atom stereocenters. The summed E-state index contributed by atoms with van der Waals surface area (Å²) in [5.41, 5.74) is 7.18. The van der Waals surface area contributed by atoms with Crippen molar-refractivity contribution >= 4 is 17.2 Å². The largest absolute Gasteiger partial charge is 0.282 e. The molecule has 0 radical (unpaired) electrons. The first-order valence-corrected chi connectivity index (χ1v) is 9.21. The van der Waals surface area contributed by atoms with Crippen LogP contribution >= 0.6 is 0 Å². The predicted octanol–water partition coefficient (Wildman–Crippen LogP) is 6.60. The molecule has 4 aromatic rings. The lowest BCUT2D eigenvalue weighted by Gasteiger charge is -2.05. The molecule has 4 rings (SSSR count). The Hall–Kier alpha value is -3.27. The van der Waals surface area contributed by atoms with Crippen molar-refractivity contribution < 1.29 is 0 Å². The minimum Gasteiger partial charge on any atom is -0.282 e. The van der Waals surface area contributed by atoms with E-state index in [0.717, 1.165) is 46.0 Å². The maximum absolute atomic E-state index is 4.81. The van der Waals surface area contributed by atoms with Crippen molar-refractivity contribution in [1.29, 1.82) is 0 Å². The van der Waals surface area contributed by atoms with Gasteiger partial charge in [0, 0.05) is 11.8 Å². The van der Waals surface area contributed by atoms with E-state index in [1.54, 1.807) is 0 Å². The number of aromatic nitrogens is 2. The number of nitrogens with zero attached hydrogens (tertiary/aromatic N) is 4. The Morgan fingerprint density at radius 1 is 0.889 bits per heavy atom. The SMILES string of the molecule is CCc1cccc(C)c1N=Nc1c(-c2ccccc2)nc2ccc(C)cn12. The quantitative estimate of drug-likeness (QED) is 0.381. The molecule has 0 spiro atoms. The van der Waals surface area contributed by atoms with Gasteiger partial charge in [0.15, 0.2) is 5.82 Å². The average Bonchev–Trinajstić information content (AvgIpc) is 3.05. The van der Waals surface area contributed by atoms with Crippen LogP contribution in [0.3, 0.4) is 0 Å². The summed E-state index contributed by atoms with van der Waals surface area (Å²) in [5, 5.41) is 9.33. The molecule has 0 N–H and O–H groups in total. The zero-order valence-corrected chi connectivity index (χ0v) is 15.8. The fourth-order valence-electron chi connectivity index (χ4n) is 3.27. The summed E-state index contributed by atoms with van der Waals surface area (Å²) in [6.45, 7) is 6.28. The molecule has 0 aliphatic rings. The molecule has 0 bridgehead atoms. The first-order valence-electron chi connectivity index (χ1n) is 9.21. The van der Waals surface area contributed by atoms with E-state index >= 15 is 0 Å².